The van der Waals surface area contributed by atoms with Crippen molar-refractivity contribution < 1.29 is 4.79 Å². The van der Waals surface area contributed by atoms with E-state index in [0.29, 0.717) is 12.2 Å². The summed E-state index contributed by atoms with van der Waals surface area (Å²) in [4.78, 5) is 26.5. The van der Waals surface area contributed by atoms with Gasteiger partial charge in [-0.1, -0.05) is 17.7 Å². The molecule has 0 radical (unpaired) electrons. The molecular weight excluding hydrogens is 316 g/mol. The van der Waals surface area contributed by atoms with Crippen LogP contribution in [0.5, 0.6) is 0 Å². The Balaban J connectivity index is 0.00000192. The molecule has 2 N–H and O–H groups in total. The second-order valence-electron chi connectivity index (χ2n) is 5.73. The Morgan fingerprint density at radius 1 is 1.26 bits per heavy atom. The fourth-order valence-electron chi connectivity index (χ4n) is 2.69. The molecule has 1 aromatic heterocycles. The lowest BCUT2D eigenvalue weighted by molar-refractivity contribution is 0.0649. The number of carbonyl (C=O) groups excluding carboxylic acids is 1. The monoisotopic (exact) mass is 336 g/mol. The lowest BCUT2D eigenvalue weighted by atomic mass is 10.2. The molecule has 1 amide bonds. The SMILES string of the molecule is Cc1ccc(-n2[nH]c(C(=O)N3CCNC[C@H]3C)cc2=O)cc1.Cl. The number of benzene rings is 1. The molecule has 7 heteroatoms. The van der Waals surface area contributed by atoms with E-state index in [0.717, 1.165) is 24.3 Å². The number of hydrogen-bond donors (Lipinski definition) is 2. The number of piperazine rings is 1. The van der Waals surface area contributed by atoms with Crippen molar-refractivity contribution in [3.05, 3.63) is 51.9 Å². The van der Waals surface area contributed by atoms with Gasteiger partial charge in [-0.3, -0.25) is 14.7 Å². The van der Waals surface area contributed by atoms with Gasteiger partial charge in [-0.25, -0.2) is 4.68 Å². The number of hydrogen-bond acceptors (Lipinski definition) is 3. The minimum atomic E-state index is -0.227. The number of aromatic amines is 1. The lowest BCUT2D eigenvalue weighted by Crippen LogP contribution is -2.52. The summed E-state index contributed by atoms with van der Waals surface area (Å²) in [5.41, 5.74) is 1.95. The molecule has 0 unspecified atom stereocenters. The molecule has 2 aromatic rings. The number of amides is 1. The second-order valence-corrected chi connectivity index (χ2v) is 5.73. The summed E-state index contributed by atoms with van der Waals surface area (Å²) < 4.78 is 1.40. The Morgan fingerprint density at radius 2 is 1.96 bits per heavy atom. The molecule has 1 saturated heterocycles. The van der Waals surface area contributed by atoms with Crippen LogP contribution in [-0.4, -0.2) is 46.3 Å². The van der Waals surface area contributed by atoms with Crippen LogP contribution in [0.4, 0.5) is 0 Å². The highest BCUT2D eigenvalue weighted by atomic mass is 35.5. The molecule has 0 aliphatic carbocycles. The molecule has 2 heterocycles. The van der Waals surface area contributed by atoms with Gasteiger partial charge in [-0.05, 0) is 26.0 Å². The van der Waals surface area contributed by atoms with E-state index in [-0.39, 0.29) is 29.9 Å². The first kappa shape index (κ1) is 17.3. The number of H-pyrrole nitrogens is 1. The molecule has 0 spiro atoms. The Morgan fingerprint density at radius 3 is 2.61 bits per heavy atom. The number of nitrogens with zero attached hydrogens (tertiary/aromatic N) is 2. The minimum Gasteiger partial charge on any atom is -0.332 e. The highest BCUT2D eigenvalue weighted by Gasteiger charge is 2.25. The number of aromatic nitrogens is 2. The van der Waals surface area contributed by atoms with Crippen LogP contribution in [-0.2, 0) is 0 Å². The highest BCUT2D eigenvalue weighted by molar-refractivity contribution is 5.92. The first-order valence-corrected chi connectivity index (χ1v) is 7.47. The lowest BCUT2D eigenvalue weighted by Gasteiger charge is -2.33. The van der Waals surface area contributed by atoms with Gasteiger partial charge in [-0.2, -0.15) is 0 Å². The van der Waals surface area contributed by atoms with Crippen LogP contribution < -0.4 is 10.9 Å². The van der Waals surface area contributed by atoms with Crippen molar-refractivity contribution in [2.45, 2.75) is 19.9 Å². The van der Waals surface area contributed by atoms with E-state index in [9.17, 15) is 9.59 Å². The second kappa shape index (κ2) is 7.02. The van der Waals surface area contributed by atoms with Gasteiger partial charge in [0, 0.05) is 31.7 Å². The van der Waals surface area contributed by atoms with Crippen molar-refractivity contribution in [3.63, 3.8) is 0 Å². The largest absolute Gasteiger partial charge is 0.332 e. The maximum absolute atomic E-state index is 12.6. The quantitative estimate of drug-likeness (QED) is 0.869. The van der Waals surface area contributed by atoms with Gasteiger partial charge in [0.1, 0.15) is 5.69 Å². The third-order valence-electron chi connectivity index (χ3n) is 4.01. The van der Waals surface area contributed by atoms with E-state index in [1.165, 1.54) is 10.7 Å². The smallest absolute Gasteiger partial charge is 0.272 e. The first-order chi connectivity index (χ1) is 10.6. The summed E-state index contributed by atoms with van der Waals surface area (Å²) in [6.07, 6.45) is 0. The summed E-state index contributed by atoms with van der Waals surface area (Å²) in [6, 6.07) is 9.07. The van der Waals surface area contributed by atoms with Crippen LogP contribution in [0.3, 0.4) is 0 Å². The maximum atomic E-state index is 12.6. The first-order valence-electron chi connectivity index (χ1n) is 7.47. The van der Waals surface area contributed by atoms with Gasteiger partial charge < -0.3 is 10.2 Å². The fraction of sp³-hybridized carbons (Fsp3) is 0.375. The van der Waals surface area contributed by atoms with Gasteiger partial charge in [0.25, 0.3) is 11.5 Å². The molecule has 1 atom stereocenters. The normalized spacial score (nSPS) is 17.7. The molecule has 1 aliphatic rings. The van der Waals surface area contributed by atoms with Crippen LogP contribution in [0.2, 0.25) is 0 Å². The zero-order valence-corrected chi connectivity index (χ0v) is 14.0. The van der Waals surface area contributed by atoms with E-state index >= 15 is 0 Å². The average Bonchev–Trinajstić information content (AvgIpc) is 2.90. The van der Waals surface area contributed by atoms with Crippen molar-refractivity contribution >= 4 is 18.3 Å². The molecule has 3 rings (SSSR count). The predicted octanol–water partition coefficient (Wildman–Crippen LogP) is 1.33. The topological polar surface area (TPSA) is 70.1 Å². The third kappa shape index (κ3) is 3.48. The fourth-order valence-corrected chi connectivity index (χ4v) is 2.69. The van der Waals surface area contributed by atoms with Gasteiger partial charge >= 0.3 is 0 Å². The molecular formula is C16H21ClN4O2. The Labute approximate surface area is 140 Å². The van der Waals surface area contributed by atoms with E-state index < -0.39 is 0 Å². The zero-order valence-electron chi connectivity index (χ0n) is 13.2. The van der Waals surface area contributed by atoms with Crippen molar-refractivity contribution in [1.82, 2.24) is 20.0 Å². The van der Waals surface area contributed by atoms with E-state index in [2.05, 4.69) is 10.4 Å². The van der Waals surface area contributed by atoms with E-state index in [1.54, 1.807) is 4.90 Å². The summed E-state index contributed by atoms with van der Waals surface area (Å²) in [7, 11) is 0. The molecule has 0 saturated carbocycles. The highest BCUT2D eigenvalue weighted by Crippen LogP contribution is 2.10. The van der Waals surface area contributed by atoms with Crippen LogP contribution >= 0.6 is 12.4 Å². The molecule has 124 valence electrons. The summed E-state index contributed by atoms with van der Waals surface area (Å²) in [5, 5.41) is 6.17. The number of carbonyl (C=O) groups is 1. The molecule has 1 aromatic carbocycles. The predicted molar refractivity (Wildman–Crippen MR) is 91.7 cm³/mol. The third-order valence-corrected chi connectivity index (χ3v) is 4.01. The average molecular weight is 337 g/mol. The van der Waals surface area contributed by atoms with Crippen LogP contribution in [0, 0.1) is 6.92 Å². The molecule has 6 nitrogen and oxygen atoms in total. The summed E-state index contributed by atoms with van der Waals surface area (Å²) in [5.74, 6) is -0.128. The summed E-state index contributed by atoms with van der Waals surface area (Å²) >= 11 is 0. The van der Waals surface area contributed by atoms with Crippen molar-refractivity contribution in [2.24, 2.45) is 0 Å². The Hall–Kier alpha value is -2.05. The molecule has 1 aliphatic heterocycles. The van der Waals surface area contributed by atoms with Gasteiger partial charge in [0.15, 0.2) is 0 Å². The van der Waals surface area contributed by atoms with Gasteiger partial charge in [0.05, 0.1) is 5.69 Å². The van der Waals surface area contributed by atoms with Crippen molar-refractivity contribution in [3.8, 4) is 5.69 Å². The minimum absolute atomic E-state index is 0. The van der Waals surface area contributed by atoms with Gasteiger partial charge in [-0.15, -0.1) is 12.4 Å². The summed E-state index contributed by atoms with van der Waals surface area (Å²) in [6.45, 7) is 6.19. The van der Waals surface area contributed by atoms with Crippen molar-refractivity contribution in [2.75, 3.05) is 19.6 Å². The van der Waals surface area contributed by atoms with E-state index in [1.807, 2.05) is 38.1 Å². The van der Waals surface area contributed by atoms with Gasteiger partial charge in [0.2, 0.25) is 0 Å². The number of rotatable bonds is 2. The standard InChI is InChI=1S/C16H20N4O2.ClH/c1-11-3-5-13(6-4-11)20-15(21)9-14(18-20)16(22)19-8-7-17-10-12(19)2;/h3-6,9,12,17-18H,7-8,10H2,1-2H3;1H/t12-;/m1./s1. The van der Waals surface area contributed by atoms with Crippen LogP contribution in [0.25, 0.3) is 5.69 Å². The molecule has 1 fully saturated rings. The molecule has 23 heavy (non-hydrogen) atoms. The maximum Gasteiger partial charge on any atom is 0.272 e. The van der Waals surface area contributed by atoms with Crippen molar-refractivity contribution in [1.29, 1.82) is 0 Å². The van der Waals surface area contributed by atoms with Crippen LogP contribution in [0.15, 0.2) is 35.1 Å². The van der Waals surface area contributed by atoms with Crippen LogP contribution in [0.1, 0.15) is 23.0 Å². The Bertz CT molecular complexity index is 735. The number of nitrogens with one attached hydrogen (secondary N) is 2. The van der Waals surface area contributed by atoms with E-state index in [4.69, 9.17) is 0 Å². The number of halogens is 1. The zero-order chi connectivity index (χ0) is 15.7. The number of aryl methyl sites for hydroxylation is 1. The molecule has 0 bridgehead atoms. The Kier molecular flexibility index (Phi) is 5.28.